The summed E-state index contributed by atoms with van der Waals surface area (Å²) >= 11 is 0. The molecule has 0 heterocycles. The standard InChI is InChI=1S/C18H19NO/c1-18(12-19)9-3-4-15-10-13-5-7-16(20-2)11-14(13)6-8-17(15)18/h5-8,11H,3-4,9-10H2,1-2H3. The fraction of sp³-hybridized carbons (Fsp3) is 0.389. The fourth-order valence-electron chi connectivity index (χ4n) is 3.34. The van der Waals surface area contributed by atoms with E-state index >= 15 is 0 Å². The molecule has 0 saturated heterocycles. The van der Waals surface area contributed by atoms with E-state index in [1.54, 1.807) is 7.11 Å². The summed E-state index contributed by atoms with van der Waals surface area (Å²) < 4.78 is 5.30. The Kier molecular flexibility index (Phi) is 3.14. The van der Waals surface area contributed by atoms with Crippen LogP contribution in [0.15, 0.2) is 35.4 Å². The third kappa shape index (κ3) is 2.04. The van der Waals surface area contributed by atoms with E-state index in [0.717, 1.165) is 31.4 Å². The fourth-order valence-corrected chi connectivity index (χ4v) is 3.34. The third-order valence-electron chi connectivity index (χ3n) is 4.56. The monoisotopic (exact) mass is 265 g/mol. The number of methoxy groups -OCH3 is 1. The van der Waals surface area contributed by atoms with Crippen molar-refractivity contribution in [2.75, 3.05) is 7.11 Å². The summed E-state index contributed by atoms with van der Waals surface area (Å²) in [6, 6.07) is 8.76. The van der Waals surface area contributed by atoms with E-state index in [9.17, 15) is 5.26 Å². The molecule has 0 spiro atoms. The van der Waals surface area contributed by atoms with Gasteiger partial charge in [0.1, 0.15) is 5.75 Å². The Morgan fingerprint density at radius 2 is 2.15 bits per heavy atom. The van der Waals surface area contributed by atoms with E-state index in [-0.39, 0.29) is 5.41 Å². The van der Waals surface area contributed by atoms with Gasteiger partial charge in [-0.25, -0.2) is 0 Å². The average Bonchev–Trinajstić information content (AvgIpc) is 2.66. The zero-order valence-corrected chi connectivity index (χ0v) is 12.1. The van der Waals surface area contributed by atoms with Crippen LogP contribution in [0.3, 0.4) is 0 Å². The number of hydrogen-bond donors (Lipinski definition) is 0. The molecule has 102 valence electrons. The SMILES string of the molecule is COc1ccc2c(c1)C=CC1=C(CCCC1(C)C#N)C2. The quantitative estimate of drug-likeness (QED) is 0.759. The molecular formula is C18H19NO. The number of nitrogens with zero attached hydrogens (tertiary/aromatic N) is 1. The summed E-state index contributed by atoms with van der Waals surface area (Å²) in [6.45, 7) is 2.07. The smallest absolute Gasteiger partial charge is 0.119 e. The summed E-state index contributed by atoms with van der Waals surface area (Å²) in [7, 11) is 1.69. The first-order valence-corrected chi connectivity index (χ1v) is 7.15. The Balaban J connectivity index is 2.07. The van der Waals surface area contributed by atoms with E-state index in [4.69, 9.17) is 4.74 Å². The first kappa shape index (κ1) is 13.0. The molecule has 0 N–H and O–H groups in total. The second kappa shape index (κ2) is 4.83. The van der Waals surface area contributed by atoms with Crippen molar-refractivity contribution < 1.29 is 4.74 Å². The molecule has 2 aliphatic rings. The molecule has 0 bridgehead atoms. The molecular weight excluding hydrogens is 246 g/mol. The maximum atomic E-state index is 9.54. The lowest BCUT2D eigenvalue weighted by Crippen LogP contribution is -2.22. The van der Waals surface area contributed by atoms with Crippen molar-refractivity contribution in [3.63, 3.8) is 0 Å². The minimum Gasteiger partial charge on any atom is -0.497 e. The van der Waals surface area contributed by atoms with E-state index in [2.05, 4.69) is 37.3 Å². The summed E-state index contributed by atoms with van der Waals surface area (Å²) in [5, 5.41) is 9.54. The van der Waals surface area contributed by atoms with Gasteiger partial charge < -0.3 is 4.74 Å². The molecule has 1 unspecified atom stereocenters. The molecule has 1 aromatic rings. The van der Waals surface area contributed by atoms with Crippen molar-refractivity contribution in [1.82, 2.24) is 0 Å². The van der Waals surface area contributed by atoms with Crippen LogP contribution in [0.1, 0.15) is 37.3 Å². The van der Waals surface area contributed by atoms with Crippen LogP contribution in [0, 0.1) is 16.7 Å². The maximum Gasteiger partial charge on any atom is 0.119 e. The van der Waals surface area contributed by atoms with E-state index in [1.165, 1.54) is 22.3 Å². The van der Waals surface area contributed by atoms with Gasteiger partial charge in [-0.2, -0.15) is 5.26 Å². The highest BCUT2D eigenvalue weighted by atomic mass is 16.5. The molecule has 0 radical (unpaired) electrons. The van der Waals surface area contributed by atoms with Crippen LogP contribution < -0.4 is 4.74 Å². The van der Waals surface area contributed by atoms with E-state index in [0.29, 0.717) is 0 Å². The van der Waals surface area contributed by atoms with E-state index < -0.39 is 0 Å². The van der Waals surface area contributed by atoms with Crippen LogP contribution in [0.4, 0.5) is 0 Å². The maximum absolute atomic E-state index is 9.54. The van der Waals surface area contributed by atoms with Gasteiger partial charge in [0.05, 0.1) is 18.6 Å². The van der Waals surface area contributed by atoms with Crippen LogP contribution in [0.25, 0.3) is 6.08 Å². The van der Waals surface area contributed by atoms with Gasteiger partial charge in [-0.15, -0.1) is 0 Å². The number of nitriles is 1. The Labute approximate surface area is 120 Å². The predicted octanol–water partition coefficient (Wildman–Crippen LogP) is 4.27. The lowest BCUT2D eigenvalue weighted by atomic mass is 9.71. The zero-order valence-electron chi connectivity index (χ0n) is 12.1. The van der Waals surface area contributed by atoms with Crippen molar-refractivity contribution >= 4 is 6.08 Å². The van der Waals surface area contributed by atoms with Gasteiger partial charge in [-0.3, -0.25) is 0 Å². The number of fused-ring (bicyclic) bond motifs is 1. The number of ether oxygens (including phenoxy) is 1. The third-order valence-corrected chi connectivity index (χ3v) is 4.56. The lowest BCUT2D eigenvalue weighted by Gasteiger charge is -2.30. The highest BCUT2D eigenvalue weighted by Gasteiger charge is 2.33. The molecule has 2 aliphatic carbocycles. The van der Waals surface area contributed by atoms with Gasteiger partial charge in [0.2, 0.25) is 0 Å². The topological polar surface area (TPSA) is 33.0 Å². The first-order chi connectivity index (χ1) is 9.66. The van der Waals surface area contributed by atoms with E-state index in [1.807, 2.05) is 6.07 Å². The summed E-state index contributed by atoms with van der Waals surface area (Å²) in [6.07, 6.45) is 8.44. The lowest BCUT2D eigenvalue weighted by molar-refractivity contribution is 0.414. The highest BCUT2D eigenvalue weighted by Crippen LogP contribution is 2.43. The van der Waals surface area contributed by atoms with Crippen molar-refractivity contribution in [3.8, 4) is 11.8 Å². The Bertz CT molecular complexity index is 648. The molecule has 2 nitrogen and oxygen atoms in total. The summed E-state index contributed by atoms with van der Waals surface area (Å²) in [5.74, 6) is 0.885. The van der Waals surface area contributed by atoms with Gasteiger partial charge in [0.15, 0.2) is 0 Å². The molecule has 20 heavy (non-hydrogen) atoms. The van der Waals surface area contributed by atoms with Gasteiger partial charge in [-0.1, -0.05) is 23.8 Å². The minimum atomic E-state index is -0.323. The minimum absolute atomic E-state index is 0.323. The van der Waals surface area contributed by atoms with Gasteiger partial charge in [-0.05, 0) is 61.4 Å². The number of benzene rings is 1. The number of rotatable bonds is 1. The molecule has 0 amide bonds. The van der Waals surface area contributed by atoms with Gasteiger partial charge >= 0.3 is 0 Å². The molecule has 1 aromatic carbocycles. The summed E-state index contributed by atoms with van der Waals surface area (Å²) in [4.78, 5) is 0. The van der Waals surface area contributed by atoms with Crippen LogP contribution in [-0.2, 0) is 6.42 Å². The first-order valence-electron chi connectivity index (χ1n) is 7.15. The largest absolute Gasteiger partial charge is 0.497 e. The van der Waals surface area contributed by atoms with Crippen molar-refractivity contribution in [2.45, 2.75) is 32.6 Å². The number of allylic oxidation sites excluding steroid dienone is 3. The van der Waals surface area contributed by atoms with Crippen molar-refractivity contribution in [2.24, 2.45) is 5.41 Å². The molecule has 0 fully saturated rings. The Morgan fingerprint density at radius 3 is 2.90 bits per heavy atom. The van der Waals surface area contributed by atoms with Crippen LogP contribution in [0.2, 0.25) is 0 Å². The molecule has 3 rings (SSSR count). The predicted molar refractivity (Wildman–Crippen MR) is 80.3 cm³/mol. The molecule has 0 aliphatic heterocycles. The second-order valence-corrected chi connectivity index (χ2v) is 5.89. The van der Waals surface area contributed by atoms with Crippen molar-refractivity contribution in [1.29, 1.82) is 5.26 Å². The van der Waals surface area contributed by atoms with Crippen LogP contribution in [0.5, 0.6) is 5.75 Å². The number of hydrogen-bond acceptors (Lipinski definition) is 2. The van der Waals surface area contributed by atoms with Gasteiger partial charge in [0.25, 0.3) is 0 Å². The average molecular weight is 265 g/mol. The van der Waals surface area contributed by atoms with Crippen LogP contribution >= 0.6 is 0 Å². The summed E-state index contributed by atoms with van der Waals surface area (Å²) in [5.41, 5.74) is 4.88. The van der Waals surface area contributed by atoms with Gasteiger partial charge in [0, 0.05) is 0 Å². The molecule has 2 heteroatoms. The Morgan fingerprint density at radius 1 is 1.30 bits per heavy atom. The molecule has 1 atom stereocenters. The van der Waals surface area contributed by atoms with Crippen molar-refractivity contribution in [3.05, 3.63) is 46.5 Å². The Hall–Kier alpha value is -2.01. The second-order valence-electron chi connectivity index (χ2n) is 5.89. The molecule has 0 saturated carbocycles. The highest BCUT2D eigenvalue weighted by molar-refractivity contribution is 5.63. The normalized spacial score (nSPS) is 24.4. The zero-order chi connectivity index (χ0) is 14.2. The van der Waals surface area contributed by atoms with Crippen LogP contribution in [-0.4, -0.2) is 7.11 Å². The molecule has 0 aromatic heterocycles.